The second kappa shape index (κ2) is 10.7. The van der Waals surface area contributed by atoms with E-state index in [9.17, 15) is 13.2 Å². The molecule has 1 aliphatic carbocycles. The van der Waals surface area contributed by atoms with Gasteiger partial charge in [-0.15, -0.1) is 0 Å². The molecule has 0 spiro atoms. The lowest BCUT2D eigenvalue weighted by Gasteiger charge is -2.23. The predicted octanol–water partition coefficient (Wildman–Crippen LogP) is 6.33. The second-order valence-electron chi connectivity index (χ2n) is 11.7. The number of carboxylic acids is 1. The van der Waals surface area contributed by atoms with Gasteiger partial charge in [0, 0.05) is 29.4 Å². The van der Waals surface area contributed by atoms with E-state index >= 15 is 4.39 Å². The Labute approximate surface area is 240 Å². The van der Waals surface area contributed by atoms with Gasteiger partial charge in [-0.25, -0.2) is 12.8 Å². The molecule has 0 saturated carbocycles. The van der Waals surface area contributed by atoms with Crippen LogP contribution in [-0.2, 0) is 21.1 Å². The summed E-state index contributed by atoms with van der Waals surface area (Å²) in [6.07, 6.45) is 2.00. The first-order chi connectivity index (χ1) is 19.2. The van der Waals surface area contributed by atoms with Crippen molar-refractivity contribution in [2.45, 2.75) is 63.7 Å². The largest absolute Gasteiger partial charge is 0.492 e. The number of carboxylic acid groups (broad SMARTS) is 1. The third-order valence-electron chi connectivity index (χ3n) is 8.21. The van der Waals surface area contributed by atoms with Crippen molar-refractivity contribution in [3.8, 4) is 28.4 Å². The summed E-state index contributed by atoms with van der Waals surface area (Å²) < 4.78 is 56.3. The van der Waals surface area contributed by atoms with Crippen LogP contribution in [0, 0.1) is 19.7 Å². The van der Waals surface area contributed by atoms with E-state index in [1.54, 1.807) is 26.0 Å². The summed E-state index contributed by atoms with van der Waals surface area (Å²) in [5.41, 5.74) is 6.13. The van der Waals surface area contributed by atoms with Crippen molar-refractivity contribution >= 4 is 15.8 Å². The van der Waals surface area contributed by atoms with Gasteiger partial charge in [0.25, 0.3) is 0 Å². The summed E-state index contributed by atoms with van der Waals surface area (Å²) in [5, 5.41) is 9.15. The maximum absolute atomic E-state index is 15.3. The fourth-order valence-electron chi connectivity index (χ4n) is 5.70. The van der Waals surface area contributed by atoms with E-state index in [-0.39, 0.29) is 24.8 Å². The lowest BCUT2D eigenvalue weighted by atomic mass is 9.90. The zero-order valence-electron chi connectivity index (χ0n) is 23.9. The van der Waals surface area contributed by atoms with E-state index in [2.05, 4.69) is 0 Å². The molecule has 7 nitrogen and oxygen atoms in total. The van der Waals surface area contributed by atoms with Crippen LogP contribution in [0.5, 0.6) is 17.2 Å². The molecule has 1 heterocycles. The van der Waals surface area contributed by atoms with E-state index in [1.807, 2.05) is 38.1 Å². The molecule has 0 amide bonds. The Hall–Kier alpha value is -3.59. The van der Waals surface area contributed by atoms with Gasteiger partial charge in [-0.2, -0.15) is 0 Å². The third-order valence-corrected chi connectivity index (χ3v) is 10.3. The lowest BCUT2D eigenvalue weighted by Crippen LogP contribution is -2.37. The Morgan fingerprint density at radius 3 is 2.46 bits per heavy atom. The van der Waals surface area contributed by atoms with E-state index in [0.29, 0.717) is 42.3 Å². The highest BCUT2D eigenvalue weighted by Crippen LogP contribution is 2.45. The molecular weight excluding hydrogens is 547 g/mol. The highest BCUT2D eigenvalue weighted by atomic mass is 32.2. The average Bonchev–Trinajstić information content (AvgIpc) is 3.47. The van der Waals surface area contributed by atoms with Crippen molar-refractivity contribution in [3.05, 3.63) is 76.1 Å². The first kappa shape index (κ1) is 28.9. The van der Waals surface area contributed by atoms with Gasteiger partial charge < -0.3 is 19.3 Å². The third kappa shape index (κ3) is 5.64. The molecular formula is C32H35FO7S. The molecule has 0 fully saturated rings. The van der Waals surface area contributed by atoms with Crippen LogP contribution in [0.1, 0.15) is 66.5 Å². The molecule has 9 heteroatoms. The van der Waals surface area contributed by atoms with Gasteiger partial charge in [0.05, 0.1) is 13.0 Å². The predicted molar refractivity (Wildman–Crippen MR) is 154 cm³/mol. The Morgan fingerprint density at radius 2 is 1.80 bits per heavy atom. The maximum atomic E-state index is 15.3. The molecule has 3 aromatic rings. The number of carbonyl (C=O) groups is 1. The van der Waals surface area contributed by atoms with Gasteiger partial charge >= 0.3 is 5.97 Å². The van der Waals surface area contributed by atoms with E-state index in [0.717, 1.165) is 33.4 Å². The topological polar surface area (TPSA) is 99.1 Å². The second-order valence-corrected chi connectivity index (χ2v) is 14.3. The first-order valence-corrected chi connectivity index (χ1v) is 15.5. The number of hydrogen-bond acceptors (Lipinski definition) is 6. The molecule has 0 radical (unpaired) electrons. The number of benzene rings is 3. The Bertz CT molecular complexity index is 1600. The molecule has 41 heavy (non-hydrogen) atoms. The number of ether oxygens (including phenoxy) is 3. The Balaban J connectivity index is 1.40. The molecule has 1 N–H and O–H groups in total. The molecule has 2 aliphatic rings. The van der Waals surface area contributed by atoms with E-state index in [4.69, 9.17) is 19.3 Å². The summed E-state index contributed by atoms with van der Waals surface area (Å²) >= 11 is 0. The summed E-state index contributed by atoms with van der Waals surface area (Å²) in [6, 6.07) is 12.5. The van der Waals surface area contributed by atoms with Gasteiger partial charge in [-0.1, -0.05) is 12.1 Å². The van der Waals surface area contributed by atoms with Crippen LogP contribution in [0.25, 0.3) is 11.1 Å². The average molecular weight is 583 g/mol. The quantitative estimate of drug-likeness (QED) is 0.315. The zero-order valence-corrected chi connectivity index (χ0v) is 24.7. The Kier molecular flexibility index (Phi) is 7.53. The summed E-state index contributed by atoms with van der Waals surface area (Å²) in [4.78, 5) is 11.2. The standard InChI is InChI=1S/C32H35FO7S/c1-18-12-22(39-17-32(3,4)41(5,36)37)13-19(2)30(18)24-8-10-26(33)31-25(24)9-11-27(31)40-21-6-7-23-20(14-29(34)35)16-38-28(23)15-21/h6-8,10,12-13,15,20,27H,9,11,14,16-17H2,1-5H3,(H,34,35)/t20-,27-/m1/s1. The van der Waals surface area contributed by atoms with Crippen LogP contribution in [0.4, 0.5) is 4.39 Å². The maximum Gasteiger partial charge on any atom is 0.304 e. The van der Waals surface area contributed by atoms with Gasteiger partial charge in [-0.05, 0) is 92.6 Å². The highest BCUT2D eigenvalue weighted by molar-refractivity contribution is 7.92. The molecule has 0 bridgehead atoms. The molecule has 0 saturated heterocycles. The van der Waals surface area contributed by atoms with Crippen LogP contribution in [0.15, 0.2) is 42.5 Å². The minimum atomic E-state index is -3.29. The summed E-state index contributed by atoms with van der Waals surface area (Å²) in [5.74, 6) is 0.360. The van der Waals surface area contributed by atoms with Gasteiger partial charge in [0.2, 0.25) is 0 Å². The monoisotopic (exact) mass is 582 g/mol. The summed E-state index contributed by atoms with van der Waals surface area (Å²) in [6.45, 7) is 7.57. The van der Waals surface area contributed by atoms with Gasteiger partial charge in [0.15, 0.2) is 9.84 Å². The van der Waals surface area contributed by atoms with Crippen molar-refractivity contribution in [1.29, 1.82) is 0 Å². The van der Waals surface area contributed by atoms with E-state index in [1.165, 1.54) is 12.3 Å². The van der Waals surface area contributed by atoms with Crippen molar-refractivity contribution in [2.24, 2.45) is 0 Å². The number of hydrogen-bond donors (Lipinski definition) is 1. The Morgan fingerprint density at radius 1 is 1.10 bits per heavy atom. The highest BCUT2D eigenvalue weighted by Gasteiger charge is 2.33. The number of aliphatic carboxylic acids is 1. The fourth-order valence-corrected chi connectivity index (χ4v) is 5.97. The van der Waals surface area contributed by atoms with Crippen molar-refractivity contribution in [2.75, 3.05) is 19.5 Å². The molecule has 5 rings (SSSR count). The molecule has 1 aliphatic heterocycles. The molecule has 3 aromatic carbocycles. The number of fused-ring (bicyclic) bond motifs is 2. The number of aryl methyl sites for hydroxylation is 2. The van der Waals surface area contributed by atoms with Crippen LogP contribution in [0.2, 0.25) is 0 Å². The minimum absolute atomic E-state index is 0.00175. The van der Waals surface area contributed by atoms with Gasteiger partial charge in [-0.3, -0.25) is 4.79 Å². The molecule has 2 atom stereocenters. The number of rotatable bonds is 9. The lowest BCUT2D eigenvalue weighted by molar-refractivity contribution is -0.137. The first-order valence-electron chi connectivity index (χ1n) is 13.7. The van der Waals surface area contributed by atoms with Crippen molar-refractivity contribution < 1.29 is 36.9 Å². The molecule has 218 valence electrons. The van der Waals surface area contributed by atoms with Crippen LogP contribution >= 0.6 is 0 Å². The molecule has 0 aromatic heterocycles. The van der Waals surface area contributed by atoms with Crippen molar-refractivity contribution in [1.82, 2.24) is 0 Å². The smallest absolute Gasteiger partial charge is 0.304 e. The minimum Gasteiger partial charge on any atom is -0.492 e. The van der Waals surface area contributed by atoms with Gasteiger partial charge in [0.1, 0.15) is 40.5 Å². The zero-order chi connectivity index (χ0) is 29.7. The van der Waals surface area contributed by atoms with Crippen LogP contribution in [0.3, 0.4) is 0 Å². The number of halogens is 1. The normalized spacial score (nSPS) is 18.0. The molecule has 0 unspecified atom stereocenters. The summed E-state index contributed by atoms with van der Waals surface area (Å²) in [7, 11) is -3.29. The van der Waals surface area contributed by atoms with Crippen LogP contribution in [-0.4, -0.2) is 43.7 Å². The number of sulfone groups is 1. The van der Waals surface area contributed by atoms with E-state index < -0.39 is 26.7 Å². The van der Waals surface area contributed by atoms with Crippen LogP contribution < -0.4 is 14.2 Å². The SMILES string of the molecule is Cc1cc(OCC(C)(C)S(C)(=O)=O)cc(C)c1-c1ccc(F)c2c1CC[C@H]2Oc1ccc2c(c1)OC[C@H]2CC(=O)O. The van der Waals surface area contributed by atoms with Crippen molar-refractivity contribution in [3.63, 3.8) is 0 Å². The fraction of sp³-hybridized carbons (Fsp3) is 0.406.